The van der Waals surface area contributed by atoms with Gasteiger partial charge in [0.1, 0.15) is 30.5 Å². The van der Waals surface area contributed by atoms with Gasteiger partial charge in [-0.2, -0.15) is 0 Å². The van der Waals surface area contributed by atoms with Gasteiger partial charge in [0.15, 0.2) is 11.9 Å². The van der Waals surface area contributed by atoms with Crippen molar-refractivity contribution in [2.45, 2.75) is 101 Å². The summed E-state index contributed by atoms with van der Waals surface area (Å²) in [6.45, 7) is 4.03. The third-order valence-corrected chi connectivity index (χ3v) is 9.23. The maximum atomic E-state index is 14.2. The Kier molecular flexibility index (Phi) is 20.4. The highest BCUT2D eigenvalue weighted by Crippen LogP contribution is 2.11. The van der Waals surface area contributed by atoms with E-state index in [9.17, 15) is 28.8 Å². The molecule has 17 N–H and O–H groups in total. The van der Waals surface area contributed by atoms with E-state index in [1.807, 2.05) is 13.8 Å². The number of hydrogen-bond acceptors (Lipinski definition) is 11. The zero-order chi connectivity index (χ0) is 44.7. The molecule has 22 nitrogen and oxygen atoms in total. The predicted octanol–water partition coefficient (Wildman–Crippen LogP) is -2.74. The van der Waals surface area contributed by atoms with Gasteiger partial charge in [-0.1, -0.05) is 44.2 Å². The number of rotatable bonds is 27. The molecule has 6 atom stereocenters. The van der Waals surface area contributed by atoms with Gasteiger partial charge in [0.2, 0.25) is 29.5 Å². The number of aldehydes is 1. The van der Waals surface area contributed by atoms with E-state index in [0.29, 0.717) is 23.2 Å². The summed E-state index contributed by atoms with van der Waals surface area (Å²) in [5.74, 6) is -3.73. The molecule has 0 fully saturated rings. The van der Waals surface area contributed by atoms with E-state index in [1.165, 1.54) is 25.0 Å². The smallest absolute Gasteiger partial charge is 0.243 e. The van der Waals surface area contributed by atoms with Gasteiger partial charge >= 0.3 is 0 Å². The minimum Gasteiger partial charge on any atom is -0.370 e. The summed E-state index contributed by atoms with van der Waals surface area (Å²) in [5.41, 5.74) is 30.0. The molecular formula is C39H60N16O6. The lowest BCUT2D eigenvalue weighted by atomic mass is 10.00. The number of carbonyl (C=O) groups excluding carboxylic acids is 6. The van der Waals surface area contributed by atoms with Crippen LogP contribution in [0.15, 0.2) is 65.4 Å². The molecule has 0 bridgehead atoms. The molecule has 0 aliphatic rings. The Morgan fingerprint density at radius 3 is 1.64 bits per heavy atom. The molecule has 332 valence electrons. The molecule has 1 aromatic carbocycles. The molecular weight excluding hydrogens is 789 g/mol. The number of aliphatic imine (C=N–C) groups is 2. The summed E-state index contributed by atoms with van der Waals surface area (Å²) in [6.07, 6.45) is 7.69. The molecule has 0 unspecified atom stereocenters. The lowest BCUT2D eigenvalue weighted by Crippen LogP contribution is -2.59. The van der Waals surface area contributed by atoms with Gasteiger partial charge < -0.3 is 70.0 Å². The average Bonchev–Trinajstić information content (AvgIpc) is 3.94. The lowest BCUT2D eigenvalue weighted by molar-refractivity contribution is -0.135. The zero-order valence-corrected chi connectivity index (χ0v) is 34.5. The van der Waals surface area contributed by atoms with Gasteiger partial charge in [-0.05, 0) is 43.6 Å². The molecule has 0 saturated heterocycles. The average molecular weight is 849 g/mol. The fourth-order valence-electron chi connectivity index (χ4n) is 6.18. The van der Waals surface area contributed by atoms with E-state index < -0.39 is 65.8 Å². The number of carbonyl (C=O) groups is 6. The van der Waals surface area contributed by atoms with Crippen molar-refractivity contribution in [2.24, 2.45) is 44.6 Å². The largest absolute Gasteiger partial charge is 0.370 e. The summed E-state index contributed by atoms with van der Waals surface area (Å²) < 4.78 is 0. The van der Waals surface area contributed by atoms with Gasteiger partial charge in [-0.3, -0.25) is 34.0 Å². The first-order valence-electron chi connectivity index (χ1n) is 20.0. The van der Waals surface area contributed by atoms with E-state index >= 15 is 0 Å². The summed E-state index contributed by atoms with van der Waals surface area (Å²) in [6, 6.07) is 2.22. The Balaban J connectivity index is 1.85. The Morgan fingerprint density at radius 2 is 1.13 bits per heavy atom. The summed E-state index contributed by atoms with van der Waals surface area (Å²) in [4.78, 5) is 103. The van der Waals surface area contributed by atoms with Crippen molar-refractivity contribution >= 4 is 47.7 Å². The minimum atomic E-state index is -1.23. The number of nitrogens with zero attached hydrogens (tertiary/aromatic N) is 4. The molecule has 22 heteroatoms. The van der Waals surface area contributed by atoms with Crippen molar-refractivity contribution in [1.82, 2.24) is 46.5 Å². The van der Waals surface area contributed by atoms with Crippen LogP contribution in [-0.4, -0.2) is 117 Å². The van der Waals surface area contributed by atoms with Crippen LogP contribution in [0.2, 0.25) is 0 Å². The quantitative estimate of drug-likeness (QED) is 0.0161. The standard InChI is InChI=1S/C39H60N16O6/c1-23(2)14-31(36(60)53-29(10-6-12-47-38(41)42)34(58)51-27(20-56)16-25-18-45-21-49-25)54-37(61)32(15-24-8-4-3-5-9-24)55-35(59)30(11-7-13-48-39(43)44)52-33(57)28(40)17-26-19-46-22-50-26/h3-5,8-9,18-23,27-32H,6-7,10-17,40H2,1-2H3,(H,45,49)(H,46,50)(H,51,58)(H,52,57)(H,53,60)(H,54,61)(H,55,59)(H4,41,42,47)(H4,43,44,48)/t27-,28-,29-,30-,31-,32-/m0/s1. The van der Waals surface area contributed by atoms with Crippen molar-refractivity contribution < 1.29 is 28.8 Å². The SMILES string of the molecule is CC(C)C[C@H](NC(=O)[C@H](Cc1ccccc1)NC(=O)[C@H](CCCN=C(N)N)NC(=O)[C@@H](N)Cc1cnc[nH]1)C(=O)N[C@@H](CCCN=C(N)N)C(=O)N[C@H](C=O)Cc1cnc[nH]1. The van der Waals surface area contributed by atoms with Gasteiger partial charge in [0, 0.05) is 56.1 Å². The second-order valence-electron chi connectivity index (χ2n) is 14.9. The van der Waals surface area contributed by atoms with Gasteiger partial charge in [-0.15, -0.1) is 0 Å². The van der Waals surface area contributed by atoms with Crippen LogP contribution in [0.4, 0.5) is 0 Å². The maximum absolute atomic E-state index is 14.2. The summed E-state index contributed by atoms with van der Waals surface area (Å²) in [5, 5.41) is 13.7. The van der Waals surface area contributed by atoms with E-state index in [0.717, 1.165) is 0 Å². The zero-order valence-electron chi connectivity index (χ0n) is 34.5. The molecule has 61 heavy (non-hydrogen) atoms. The summed E-state index contributed by atoms with van der Waals surface area (Å²) >= 11 is 0. The third kappa shape index (κ3) is 18.3. The number of imidazole rings is 2. The molecule has 2 aromatic heterocycles. The number of guanidine groups is 2. The van der Waals surface area contributed by atoms with Crippen LogP contribution in [0.3, 0.4) is 0 Å². The monoisotopic (exact) mass is 848 g/mol. The van der Waals surface area contributed by atoms with Gasteiger partial charge in [0.25, 0.3) is 0 Å². The molecule has 5 amide bonds. The highest BCUT2D eigenvalue weighted by atomic mass is 16.2. The van der Waals surface area contributed by atoms with E-state index in [4.69, 9.17) is 28.7 Å². The van der Waals surface area contributed by atoms with E-state index in [-0.39, 0.29) is 82.3 Å². The number of hydrogen-bond donors (Lipinski definition) is 12. The molecule has 0 spiro atoms. The Bertz CT molecular complexity index is 1880. The summed E-state index contributed by atoms with van der Waals surface area (Å²) in [7, 11) is 0. The topological polar surface area (TPSA) is 375 Å². The lowest BCUT2D eigenvalue weighted by Gasteiger charge is -2.28. The second kappa shape index (κ2) is 25.6. The first-order chi connectivity index (χ1) is 29.1. The normalized spacial score (nSPS) is 13.9. The van der Waals surface area contributed by atoms with Crippen molar-refractivity contribution in [3.05, 3.63) is 72.3 Å². The van der Waals surface area contributed by atoms with Crippen molar-refractivity contribution in [3.63, 3.8) is 0 Å². The Hall–Kier alpha value is -6.84. The third-order valence-electron chi connectivity index (χ3n) is 9.23. The van der Waals surface area contributed by atoms with Crippen LogP contribution in [0.1, 0.15) is 62.9 Å². The molecule has 0 aliphatic heterocycles. The van der Waals surface area contributed by atoms with E-state index in [1.54, 1.807) is 30.3 Å². The maximum Gasteiger partial charge on any atom is 0.243 e. The predicted molar refractivity (Wildman–Crippen MR) is 228 cm³/mol. The van der Waals surface area contributed by atoms with Crippen LogP contribution in [0.5, 0.6) is 0 Å². The molecule has 0 aliphatic carbocycles. The van der Waals surface area contributed by atoms with E-state index in [2.05, 4.69) is 56.5 Å². The van der Waals surface area contributed by atoms with Gasteiger partial charge in [0.05, 0.1) is 24.7 Å². The molecule has 3 aromatic rings. The molecule has 0 saturated carbocycles. The van der Waals surface area contributed by atoms with Crippen LogP contribution < -0.4 is 55.3 Å². The first-order valence-corrected chi connectivity index (χ1v) is 20.0. The van der Waals surface area contributed by atoms with Crippen LogP contribution in [0, 0.1) is 5.92 Å². The number of benzene rings is 1. The fraction of sp³-hybridized carbons (Fsp3) is 0.487. The van der Waals surface area contributed by atoms with Crippen LogP contribution in [0.25, 0.3) is 0 Å². The number of nitrogens with two attached hydrogens (primary N) is 5. The number of amides is 5. The minimum absolute atomic E-state index is 0.0155. The number of H-pyrrole nitrogens is 2. The van der Waals surface area contributed by atoms with Gasteiger partial charge in [-0.25, -0.2) is 9.97 Å². The second-order valence-corrected chi connectivity index (χ2v) is 14.9. The number of nitrogens with one attached hydrogen (secondary N) is 7. The Labute approximate surface area is 353 Å². The number of aromatic amines is 2. The Morgan fingerprint density at radius 1 is 0.656 bits per heavy atom. The van der Waals surface area contributed by atoms with Crippen LogP contribution in [-0.2, 0) is 48.0 Å². The van der Waals surface area contributed by atoms with Crippen molar-refractivity contribution in [3.8, 4) is 0 Å². The highest BCUT2D eigenvalue weighted by Gasteiger charge is 2.33. The molecule has 0 radical (unpaired) electrons. The molecule has 2 heterocycles. The molecule has 3 rings (SSSR count). The van der Waals surface area contributed by atoms with Crippen LogP contribution >= 0.6 is 0 Å². The first kappa shape index (κ1) is 48.5. The van der Waals surface area contributed by atoms with Crippen molar-refractivity contribution in [2.75, 3.05) is 13.1 Å². The van der Waals surface area contributed by atoms with Crippen molar-refractivity contribution in [1.29, 1.82) is 0 Å². The number of aromatic nitrogens is 4. The fourth-order valence-corrected chi connectivity index (χ4v) is 6.18. The highest BCUT2D eigenvalue weighted by molar-refractivity contribution is 5.96.